The van der Waals surface area contributed by atoms with Gasteiger partial charge in [0, 0.05) is 22.7 Å². The molecular formula is C29H29ClN2O3. The lowest BCUT2D eigenvalue weighted by molar-refractivity contribution is -0.112. The molecular weight excluding hydrogens is 460 g/mol. The van der Waals surface area contributed by atoms with E-state index in [1.54, 1.807) is 30.3 Å². The predicted octanol–water partition coefficient (Wildman–Crippen LogP) is 6.89. The third kappa shape index (κ3) is 7.11. The van der Waals surface area contributed by atoms with Crippen molar-refractivity contribution in [3.63, 3.8) is 0 Å². The van der Waals surface area contributed by atoms with Crippen molar-refractivity contribution in [2.75, 3.05) is 18.5 Å². The van der Waals surface area contributed by atoms with Crippen molar-refractivity contribution < 1.29 is 14.3 Å². The van der Waals surface area contributed by atoms with Gasteiger partial charge in [-0.15, -0.1) is 0 Å². The Kier molecular flexibility index (Phi) is 8.94. The van der Waals surface area contributed by atoms with Gasteiger partial charge in [0.2, 0.25) is 0 Å². The van der Waals surface area contributed by atoms with Crippen LogP contribution in [0.25, 0.3) is 6.08 Å². The zero-order valence-electron chi connectivity index (χ0n) is 20.4. The molecule has 0 aliphatic rings. The van der Waals surface area contributed by atoms with Gasteiger partial charge >= 0.3 is 0 Å². The summed E-state index contributed by atoms with van der Waals surface area (Å²) >= 11 is 6.67. The molecule has 0 spiro atoms. The van der Waals surface area contributed by atoms with E-state index in [1.165, 1.54) is 17.2 Å². The largest absolute Gasteiger partial charge is 0.494 e. The molecule has 3 rings (SSSR count). The van der Waals surface area contributed by atoms with E-state index in [0.29, 0.717) is 47.4 Å². The number of carbonyl (C=O) groups excluding carboxylic acids is 1. The van der Waals surface area contributed by atoms with E-state index in [1.807, 2.05) is 26.0 Å². The summed E-state index contributed by atoms with van der Waals surface area (Å²) in [5.41, 5.74) is 5.52. The minimum Gasteiger partial charge on any atom is -0.494 e. The minimum absolute atomic E-state index is 0.0422. The third-order valence-electron chi connectivity index (χ3n) is 5.24. The van der Waals surface area contributed by atoms with Crippen LogP contribution in [0, 0.1) is 25.2 Å². The van der Waals surface area contributed by atoms with E-state index < -0.39 is 5.91 Å². The summed E-state index contributed by atoms with van der Waals surface area (Å²) in [4.78, 5) is 12.7. The number of amides is 1. The van der Waals surface area contributed by atoms with Crippen molar-refractivity contribution in [1.29, 1.82) is 5.26 Å². The SMILES string of the molecule is CCOc1ccc(NC(=O)/C(C#N)=C/c2cc(Cl)c(Cc3cc(C)cc(C)c3)c(OCC)c2)cc1. The first kappa shape index (κ1) is 25.9. The molecule has 0 heterocycles. The van der Waals surface area contributed by atoms with Gasteiger partial charge in [0.15, 0.2) is 0 Å². The Morgan fingerprint density at radius 3 is 2.26 bits per heavy atom. The first-order valence-corrected chi connectivity index (χ1v) is 11.9. The molecule has 0 fully saturated rings. The molecule has 180 valence electrons. The van der Waals surface area contributed by atoms with Crippen LogP contribution in [-0.2, 0) is 11.2 Å². The van der Waals surface area contributed by atoms with E-state index in [4.69, 9.17) is 21.1 Å². The second-order valence-electron chi connectivity index (χ2n) is 8.17. The Bertz CT molecular complexity index is 1250. The fourth-order valence-corrected chi connectivity index (χ4v) is 4.15. The van der Waals surface area contributed by atoms with Crippen molar-refractivity contribution in [2.24, 2.45) is 0 Å². The summed E-state index contributed by atoms with van der Waals surface area (Å²) in [5.74, 6) is 0.834. The number of carbonyl (C=O) groups is 1. The van der Waals surface area contributed by atoms with Gasteiger partial charge in [-0.2, -0.15) is 5.26 Å². The van der Waals surface area contributed by atoms with Crippen molar-refractivity contribution in [2.45, 2.75) is 34.1 Å². The fraction of sp³-hybridized carbons (Fsp3) is 0.241. The van der Waals surface area contributed by atoms with Crippen LogP contribution < -0.4 is 14.8 Å². The quantitative estimate of drug-likeness (QED) is 0.263. The van der Waals surface area contributed by atoms with Gasteiger partial charge in [-0.25, -0.2) is 0 Å². The summed E-state index contributed by atoms with van der Waals surface area (Å²) in [5, 5.41) is 12.9. The van der Waals surface area contributed by atoms with Crippen molar-refractivity contribution in [1.82, 2.24) is 0 Å². The van der Waals surface area contributed by atoms with E-state index in [9.17, 15) is 10.1 Å². The van der Waals surface area contributed by atoms with Crippen LogP contribution in [0.5, 0.6) is 11.5 Å². The molecule has 0 atom stereocenters. The summed E-state index contributed by atoms with van der Waals surface area (Å²) in [7, 11) is 0. The van der Waals surface area contributed by atoms with Gasteiger partial charge in [-0.3, -0.25) is 4.79 Å². The molecule has 0 aliphatic carbocycles. The third-order valence-corrected chi connectivity index (χ3v) is 5.58. The number of anilines is 1. The molecule has 1 amide bonds. The van der Waals surface area contributed by atoms with E-state index in [2.05, 4.69) is 37.4 Å². The Morgan fingerprint density at radius 2 is 1.66 bits per heavy atom. The molecule has 0 radical (unpaired) electrons. The highest BCUT2D eigenvalue weighted by atomic mass is 35.5. The van der Waals surface area contributed by atoms with Gasteiger partial charge in [0.25, 0.3) is 5.91 Å². The summed E-state index contributed by atoms with van der Waals surface area (Å²) in [6, 6.07) is 18.9. The van der Waals surface area contributed by atoms with E-state index in [-0.39, 0.29) is 5.57 Å². The normalized spacial score (nSPS) is 11.0. The molecule has 0 bridgehead atoms. The Hall–Kier alpha value is -3.75. The fourth-order valence-electron chi connectivity index (χ4n) is 3.86. The van der Waals surface area contributed by atoms with Crippen LogP contribution in [0.1, 0.15) is 41.7 Å². The number of ether oxygens (including phenoxy) is 2. The molecule has 3 aromatic rings. The minimum atomic E-state index is -0.509. The lowest BCUT2D eigenvalue weighted by Crippen LogP contribution is -2.13. The molecule has 1 N–H and O–H groups in total. The predicted molar refractivity (Wildman–Crippen MR) is 141 cm³/mol. The van der Waals surface area contributed by atoms with Crippen molar-refractivity contribution in [3.8, 4) is 17.6 Å². The molecule has 0 unspecified atom stereocenters. The smallest absolute Gasteiger partial charge is 0.266 e. The molecule has 0 saturated carbocycles. The van der Waals surface area contributed by atoms with Gasteiger partial charge in [0.1, 0.15) is 23.1 Å². The lowest BCUT2D eigenvalue weighted by Gasteiger charge is -2.14. The molecule has 0 saturated heterocycles. The highest BCUT2D eigenvalue weighted by Gasteiger charge is 2.15. The number of hydrogen-bond acceptors (Lipinski definition) is 4. The highest BCUT2D eigenvalue weighted by molar-refractivity contribution is 6.31. The number of benzene rings is 3. The number of aryl methyl sites for hydroxylation is 2. The molecule has 6 heteroatoms. The van der Waals surface area contributed by atoms with Crippen LogP contribution in [0.4, 0.5) is 5.69 Å². The summed E-state index contributed by atoms with van der Waals surface area (Å²) < 4.78 is 11.3. The maximum Gasteiger partial charge on any atom is 0.266 e. The van der Waals surface area contributed by atoms with Gasteiger partial charge in [-0.05, 0) is 81.3 Å². The monoisotopic (exact) mass is 488 g/mol. The molecule has 35 heavy (non-hydrogen) atoms. The standard InChI is InChI=1S/C29H29ClN2O3/c1-5-34-25-9-7-24(8-10-25)32-29(33)23(18-31)14-22-16-27(30)26(28(17-22)35-6-2)15-21-12-19(3)11-20(4)13-21/h7-14,16-17H,5-6,15H2,1-4H3,(H,32,33)/b23-14+. The first-order chi connectivity index (χ1) is 16.8. The molecule has 3 aromatic carbocycles. The second-order valence-corrected chi connectivity index (χ2v) is 8.57. The first-order valence-electron chi connectivity index (χ1n) is 11.5. The number of hydrogen-bond donors (Lipinski definition) is 1. The second kappa shape index (κ2) is 12.1. The highest BCUT2D eigenvalue weighted by Crippen LogP contribution is 2.32. The Morgan fingerprint density at radius 1 is 1.00 bits per heavy atom. The molecule has 0 aromatic heterocycles. The maximum absolute atomic E-state index is 12.7. The number of halogens is 1. The summed E-state index contributed by atoms with van der Waals surface area (Å²) in [6.07, 6.45) is 2.13. The number of nitriles is 1. The van der Waals surface area contributed by atoms with Crippen molar-refractivity contribution in [3.05, 3.63) is 93.0 Å². The number of rotatable bonds is 9. The van der Waals surface area contributed by atoms with Crippen LogP contribution in [0.2, 0.25) is 5.02 Å². The van der Waals surface area contributed by atoms with E-state index in [0.717, 1.165) is 11.1 Å². The summed E-state index contributed by atoms with van der Waals surface area (Å²) in [6.45, 7) is 8.96. The van der Waals surface area contributed by atoms with Gasteiger partial charge in [0.05, 0.1) is 13.2 Å². The zero-order chi connectivity index (χ0) is 25.4. The lowest BCUT2D eigenvalue weighted by atomic mass is 9.98. The zero-order valence-corrected chi connectivity index (χ0v) is 21.2. The van der Waals surface area contributed by atoms with Crippen LogP contribution >= 0.6 is 11.6 Å². The van der Waals surface area contributed by atoms with Crippen LogP contribution in [-0.4, -0.2) is 19.1 Å². The van der Waals surface area contributed by atoms with Crippen LogP contribution in [0.3, 0.4) is 0 Å². The van der Waals surface area contributed by atoms with Gasteiger partial charge < -0.3 is 14.8 Å². The average molecular weight is 489 g/mol. The van der Waals surface area contributed by atoms with Gasteiger partial charge in [-0.1, -0.05) is 40.9 Å². The molecule has 5 nitrogen and oxygen atoms in total. The van der Waals surface area contributed by atoms with Crippen LogP contribution in [0.15, 0.2) is 60.2 Å². The number of nitrogens with one attached hydrogen (secondary N) is 1. The van der Waals surface area contributed by atoms with E-state index >= 15 is 0 Å². The maximum atomic E-state index is 12.7. The molecule has 0 aliphatic heterocycles. The average Bonchev–Trinajstić information content (AvgIpc) is 2.80. The Labute approximate surface area is 212 Å². The Balaban J connectivity index is 1.87. The topological polar surface area (TPSA) is 71.3 Å². The van der Waals surface area contributed by atoms with Crippen molar-refractivity contribution >= 4 is 29.3 Å². The number of nitrogens with zero attached hydrogens (tertiary/aromatic N) is 1.